The Morgan fingerprint density at radius 3 is 3.05 bits per heavy atom. The zero-order valence-corrected chi connectivity index (χ0v) is 12.9. The van der Waals surface area contributed by atoms with Gasteiger partial charge in [-0.15, -0.1) is 0 Å². The summed E-state index contributed by atoms with van der Waals surface area (Å²) in [6.07, 6.45) is 6.09. The van der Waals surface area contributed by atoms with Gasteiger partial charge in [-0.2, -0.15) is 5.10 Å². The van der Waals surface area contributed by atoms with Crippen LogP contribution in [0, 0.1) is 5.92 Å². The molecule has 1 aliphatic rings. The number of hydrogen-bond acceptors (Lipinski definition) is 5. The third-order valence-electron chi connectivity index (χ3n) is 4.15. The molecule has 2 aromatic rings. The summed E-state index contributed by atoms with van der Waals surface area (Å²) in [5.41, 5.74) is 0.984. The highest BCUT2D eigenvalue weighted by atomic mass is 16.5. The van der Waals surface area contributed by atoms with Crippen LogP contribution in [0.5, 0.6) is 0 Å². The average molecular weight is 303 g/mol. The molecule has 3 heterocycles. The van der Waals surface area contributed by atoms with Gasteiger partial charge in [-0.05, 0) is 19.4 Å². The largest absolute Gasteiger partial charge is 0.372 e. The SMILES string of the molecule is CCn1ccnc(NC[C@@H]2CCO[C@H]2c2ccnn2C)c1=O. The molecule has 0 spiro atoms. The van der Waals surface area contributed by atoms with Crippen LogP contribution < -0.4 is 10.9 Å². The van der Waals surface area contributed by atoms with Gasteiger partial charge in [-0.25, -0.2) is 4.98 Å². The lowest BCUT2D eigenvalue weighted by atomic mass is 9.99. The Hall–Kier alpha value is -2.15. The molecular weight excluding hydrogens is 282 g/mol. The van der Waals surface area contributed by atoms with E-state index >= 15 is 0 Å². The Labute approximate surface area is 128 Å². The second kappa shape index (κ2) is 6.31. The first-order chi connectivity index (χ1) is 10.7. The molecule has 1 N–H and O–H groups in total. The summed E-state index contributed by atoms with van der Waals surface area (Å²) in [5, 5.41) is 7.39. The zero-order chi connectivity index (χ0) is 15.5. The first kappa shape index (κ1) is 14.8. The minimum Gasteiger partial charge on any atom is -0.372 e. The van der Waals surface area contributed by atoms with Crippen molar-refractivity contribution in [3.05, 3.63) is 40.7 Å². The molecule has 0 bridgehead atoms. The van der Waals surface area contributed by atoms with Crippen molar-refractivity contribution in [3.63, 3.8) is 0 Å². The van der Waals surface area contributed by atoms with Crippen LogP contribution in [0.4, 0.5) is 5.82 Å². The van der Waals surface area contributed by atoms with Crippen LogP contribution in [0.1, 0.15) is 25.1 Å². The van der Waals surface area contributed by atoms with Gasteiger partial charge in [0.25, 0.3) is 5.56 Å². The van der Waals surface area contributed by atoms with E-state index in [0.29, 0.717) is 24.8 Å². The van der Waals surface area contributed by atoms with Gasteiger partial charge in [0.05, 0.1) is 5.69 Å². The monoisotopic (exact) mass is 303 g/mol. The molecule has 2 atom stereocenters. The average Bonchev–Trinajstić information content (AvgIpc) is 3.14. The molecule has 2 aromatic heterocycles. The Balaban J connectivity index is 1.71. The lowest BCUT2D eigenvalue weighted by Gasteiger charge is -2.19. The van der Waals surface area contributed by atoms with Gasteiger partial charge in [-0.1, -0.05) is 0 Å². The van der Waals surface area contributed by atoms with Gasteiger partial charge in [0.1, 0.15) is 6.10 Å². The summed E-state index contributed by atoms with van der Waals surface area (Å²) >= 11 is 0. The first-order valence-electron chi connectivity index (χ1n) is 7.59. The fraction of sp³-hybridized carbons (Fsp3) is 0.533. The molecule has 3 rings (SSSR count). The minimum atomic E-state index is -0.0824. The van der Waals surface area contributed by atoms with Crippen molar-refractivity contribution in [1.29, 1.82) is 0 Å². The molecular formula is C15H21N5O2. The maximum absolute atomic E-state index is 12.2. The molecule has 0 aliphatic carbocycles. The number of anilines is 1. The van der Waals surface area contributed by atoms with Crippen LogP contribution in [-0.4, -0.2) is 32.5 Å². The molecule has 0 saturated carbocycles. The lowest BCUT2D eigenvalue weighted by molar-refractivity contribution is 0.0866. The smallest absolute Gasteiger partial charge is 0.293 e. The van der Waals surface area contributed by atoms with Crippen LogP contribution in [0.25, 0.3) is 0 Å². The Bertz CT molecular complexity index is 693. The highest BCUT2D eigenvalue weighted by Gasteiger charge is 2.31. The first-order valence-corrected chi connectivity index (χ1v) is 7.59. The second-order valence-electron chi connectivity index (χ2n) is 5.47. The van der Waals surface area contributed by atoms with Gasteiger partial charge in [0, 0.05) is 51.3 Å². The van der Waals surface area contributed by atoms with E-state index in [2.05, 4.69) is 15.4 Å². The van der Waals surface area contributed by atoms with Gasteiger partial charge < -0.3 is 14.6 Å². The minimum absolute atomic E-state index is 0.0112. The molecule has 1 fully saturated rings. The van der Waals surface area contributed by atoms with Crippen molar-refractivity contribution >= 4 is 5.82 Å². The number of hydrogen-bond donors (Lipinski definition) is 1. The topological polar surface area (TPSA) is 74.0 Å². The van der Waals surface area contributed by atoms with Gasteiger partial charge in [0.2, 0.25) is 0 Å². The number of aryl methyl sites for hydroxylation is 2. The number of rotatable bonds is 5. The lowest BCUT2D eigenvalue weighted by Crippen LogP contribution is -2.27. The molecule has 22 heavy (non-hydrogen) atoms. The maximum atomic E-state index is 12.2. The summed E-state index contributed by atoms with van der Waals surface area (Å²) in [6.45, 7) is 3.96. The third kappa shape index (κ3) is 2.76. The van der Waals surface area contributed by atoms with E-state index < -0.39 is 0 Å². The molecule has 0 amide bonds. The van der Waals surface area contributed by atoms with E-state index in [1.165, 1.54) is 0 Å². The molecule has 7 heteroatoms. The summed E-state index contributed by atoms with van der Waals surface area (Å²) in [4.78, 5) is 16.3. The molecule has 7 nitrogen and oxygen atoms in total. The van der Waals surface area contributed by atoms with Crippen molar-refractivity contribution < 1.29 is 4.74 Å². The molecule has 0 aromatic carbocycles. The van der Waals surface area contributed by atoms with Crippen LogP contribution in [0.3, 0.4) is 0 Å². The fourth-order valence-electron chi connectivity index (χ4n) is 2.88. The Morgan fingerprint density at radius 1 is 1.45 bits per heavy atom. The third-order valence-corrected chi connectivity index (χ3v) is 4.15. The number of ether oxygens (including phenoxy) is 1. The predicted molar refractivity (Wildman–Crippen MR) is 82.7 cm³/mol. The van der Waals surface area contributed by atoms with E-state index in [4.69, 9.17) is 4.74 Å². The van der Waals surface area contributed by atoms with Gasteiger partial charge in [-0.3, -0.25) is 9.48 Å². The van der Waals surface area contributed by atoms with Crippen LogP contribution in [0.15, 0.2) is 29.5 Å². The van der Waals surface area contributed by atoms with Gasteiger partial charge >= 0.3 is 0 Å². The van der Waals surface area contributed by atoms with Crippen LogP contribution >= 0.6 is 0 Å². The number of nitrogens with zero attached hydrogens (tertiary/aromatic N) is 4. The van der Waals surface area contributed by atoms with Gasteiger partial charge in [0.15, 0.2) is 5.82 Å². The normalized spacial score (nSPS) is 21.2. The van der Waals surface area contributed by atoms with E-state index in [1.54, 1.807) is 23.2 Å². The summed E-state index contributed by atoms with van der Waals surface area (Å²) < 4.78 is 9.33. The highest BCUT2D eigenvalue weighted by Crippen LogP contribution is 2.33. The van der Waals surface area contributed by atoms with Crippen molar-refractivity contribution in [3.8, 4) is 0 Å². The molecule has 0 unspecified atom stereocenters. The second-order valence-corrected chi connectivity index (χ2v) is 5.47. The number of nitrogens with one attached hydrogen (secondary N) is 1. The van der Waals surface area contributed by atoms with Crippen molar-refractivity contribution in [2.45, 2.75) is 26.0 Å². The number of aromatic nitrogens is 4. The van der Waals surface area contributed by atoms with Crippen molar-refractivity contribution in [2.75, 3.05) is 18.5 Å². The Morgan fingerprint density at radius 2 is 2.32 bits per heavy atom. The molecule has 118 valence electrons. The highest BCUT2D eigenvalue weighted by molar-refractivity contribution is 5.31. The van der Waals surface area contributed by atoms with E-state index in [0.717, 1.165) is 18.7 Å². The molecule has 1 aliphatic heterocycles. The standard InChI is InChI=1S/C15H21N5O2/c1-3-20-8-7-16-14(15(20)21)17-10-11-5-9-22-13(11)12-4-6-18-19(12)2/h4,6-8,11,13H,3,5,9-10H2,1-2H3,(H,16,17)/t11-,13+/m0/s1. The van der Waals surface area contributed by atoms with E-state index in [-0.39, 0.29) is 11.7 Å². The zero-order valence-electron chi connectivity index (χ0n) is 12.9. The maximum Gasteiger partial charge on any atom is 0.293 e. The van der Waals surface area contributed by atoms with Crippen molar-refractivity contribution in [2.24, 2.45) is 13.0 Å². The quantitative estimate of drug-likeness (QED) is 0.898. The summed E-state index contributed by atoms with van der Waals surface area (Å²) in [5.74, 6) is 0.701. The van der Waals surface area contributed by atoms with Crippen molar-refractivity contribution in [1.82, 2.24) is 19.3 Å². The molecule has 0 radical (unpaired) electrons. The molecule has 1 saturated heterocycles. The fourth-order valence-corrected chi connectivity index (χ4v) is 2.88. The van der Waals surface area contributed by atoms with Crippen LogP contribution in [0.2, 0.25) is 0 Å². The van der Waals surface area contributed by atoms with Crippen LogP contribution in [-0.2, 0) is 18.3 Å². The predicted octanol–water partition coefficient (Wildman–Crippen LogP) is 1.19. The van der Waals surface area contributed by atoms with E-state index in [9.17, 15) is 4.79 Å². The Kier molecular flexibility index (Phi) is 4.24. The summed E-state index contributed by atoms with van der Waals surface area (Å²) in [6, 6.07) is 1.98. The van der Waals surface area contributed by atoms with E-state index in [1.807, 2.05) is 24.7 Å². The summed E-state index contributed by atoms with van der Waals surface area (Å²) in [7, 11) is 1.92.